The minimum atomic E-state index is -0.143. The van der Waals surface area contributed by atoms with Crippen LogP contribution >= 0.6 is 11.3 Å². The number of carbonyl (C=O) groups excluding carboxylic acids is 2. The lowest BCUT2D eigenvalue weighted by Crippen LogP contribution is -2.47. The smallest absolute Gasteiger partial charge is 0.254 e. The van der Waals surface area contributed by atoms with Crippen LogP contribution < -0.4 is 0 Å². The summed E-state index contributed by atoms with van der Waals surface area (Å²) in [6.07, 6.45) is 0.844. The molecule has 1 aromatic heterocycles. The molecular formula is C34H38N2O2S. The second kappa shape index (κ2) is 11.0. The van der Waals surface area contributed by atoms with E-state index in [1.54, 1.807) is 16.2 Å². The predicted octanol–water partition coefficient (Wildman–Crippen LogP) is 7.47. The van der Waals surface area contributed by atoms with Crippen molar-refractivity contribution >= 4 is 33.9 Å². The fourth-order valence-electron chi connectivity index (χ4n) is 5.61. The van der Waals surface area contributed by atoms with Gasteiger partial charge in [-0.25, -0.2) is 0 Å². The first kappa shape index (κ1) is 27.1. The molecule has 0 aliphatic carbocycles. The summed E-state index contributed by atoms with van der Waals surface area (Å²) in [7, 11) is 0. The maximum atomic E-state index is 14.1. The van der Waals surface area contributed by atoms with Crippen molar-refractivity contribution in [1.29, 1.82) is 0 Å². The van der Waals surface area contributed by atoms with Crippen molar-refractivity contribution in [2.45, 2.75) is 52.5 Å². The number of hydrogen-bond acceptors (Lipinski definition) is 3. The summed E-state index contributed by atoms with van der Waals surface area (Å²) in [6, 6.07) is 24.5. The molecule has 0 saturated carbocycles. The predicted molar refractivity (Wildman–Crippen MR) is 161 cm³/mol. The molecule has 202 valence electrons. The fraction of sp³-hybridized carbons (Fsp3) is 0.353. The molecule has 0 bridgehead atoms. The standard InChI is InChI=1S/C34H38N2O2S/c1-23(2)21-35(33(38)28-12-8-10-24-9-6-7-11-27(24)28)22-31(37)36-19-17-30-29(18-20-39-30)32(36)25-13-15-26(16-14-25)34(3,4)5/h6-16,18,20,23,32H,17,19,21-22H2,1-5H3/t32-/m1/s1. The number of benzene rings is 3. The lowest BCUT2D eigenvalue weighted by Gasteiger charge is -2.38. The molecule has 5 rings (SSSR count). The van der Waals surface area contributed by atoms with Crippen molar-refractivity contribution in [1.82, 2.24) is 9.80 Å². The van der Waals surface area contributed by atoms with E-state index in [-0.39, 0.29) is 35.7 Å². The number of hydrogen-bond donors (Lipinski definition) is 0. The van der Waals surface area contributed by atoms with Crippen LogP contribution in [0.2, 0.25) is 0 Å². The Morgan fingerprint density at radius 2 is 1.69 bits per heavy atom. The van der Waals surface area contributed by atoms with E-state index in [1.165, 1.54) is 16.0 Å². The highest BCUT2D eigenvalue weighted by molar-refractivity contribution is 7.10. The van der Waals surface area contributed by atoms with Crippen LogP contribution in [-0.2, 0) is 16.6 Å². The van der Waals surface area contributed by atoms with Gasteiger partial charge in [-0.3, -0.25) is 9.59 Å². The molecule has 0 radical (unpaired) electrons. The Morgan fingerprint density at radius 3 is 2.41 bits per heavy atom. The monoisotopic (exact) mass is 538 g/mol. The van der Waals surface area contributed by atoms with Gasteiger partial charge in [0.25, 0.3) is 5.91 Å². The first-order chi connectivity index (χ1) is 18.6. The minimum Gasteiger partial charge on any atom is -0.330 e. The Kier molecular flexibility index (Phi) is 7.64. The number of carbonyl (C=O) groups is 2. The molecule has 0 saturated heterocycles. The second-order valence-electron chi connectivity index (χ2n) is 12.0. The molecule has 4 nitrogen and oxygen atoms in total. The van der Waals surface area contributed by atoms with Crippen LogP contribution in [0.4, 0.5) is 0 Å². The molecule has 2 heterocycles. The second-order valence-corrected chi connectivity index (χ2v) is 13.0. The Bertz CT molecular complexity index is 1470. The lowest BCUT2D eigenvalue weighted by molar-refractivity contribution is -0.134. The van der Waals surface area contributed by atoms with Gasteiger partial charge in [0.15, 0.2) is 0 Å². The van der Waals surface area contributed by atoms with Gasteiger partial charge >= 0.3 is 0 Å². The van der Waals surface area contributed by atoms with Crippen LogP contribution in [-0.4, -0.2) is 41.2 Å². The number of rotatable bonds is 6. The van der Waals surface area contributed by atoms with E-state index in [1.807, 2.05) is 47.4 Å². The zero-order valence-corrected chi connectivity index (χ0v) is 24.4. The Hall–Kier alpha value is -3.44. The van der Waals surface area contributed by atoms with Crippen LogP contribution in [0.3, 0.4) is 0 Å². The Morgan fingerprint density at radius 1 is 0.974 bits per heavy atom. The van der Waals surface area contributed by atoms with Gasteiger partial charge < -0.3 is 9.80 Å². The highest BCUT2D eigenvalue weighted by atomic mass is 32.1. The first-order valence-electron chi connectivity index (χ1n) is 13.9. The van der Waals surface area contributed by atoms with E-state index in [2.05, 4.69) is 70.3 Å². The van der Waals surface area contributed by atoms with Crippen LogP contribution in [0.25, 0.3) is 10.8 Å². The van der Waals surface area contributed by atoms with Crippen molar-refractivity contribution in [3.63, 3.8) is 0 Å². The molecule has 1 aliphatic heterocycles. The molecule has 2 amide bonds. The molecular weight excluding hydrogens is 500 g/mol. The number of amides is 2. The first-order valence-corrected chi connectivity index (χ1v) is 14.7. The van der Waals surface area contributed by atoms with E-state index in [0.29, 0.717) is 18.7 Å². The molecule has 1 aliphatic rings. The minimum absolute atomic E-state index is 0.00835. The summed E-state index contributed by atoms with van der Waals surface area (Å²) >= 11 is 1.77. The fourth-order valence-corrected chi connectivity index (χ4v) is 6.51. The molecule has 39 heavy (non-hydrogen) atoms. The summed E-state index contributed by atoms with van der Waals surface area (Å²) in [5.41, 5.74) is 4.31. The summed E-state index contributed by atoms with van der Waals surface area (Å²) in [5.74, 6) is 0.140. The van der Waals surface area contributed by atoms with Gasteiger partial charge in [-0.15, -0.1) is 11.3 Å². The quantitative estimate of drug-likeness (QED) is 0.255. The summed E-state index contributed by atoms with van der Waals surface area (Å²) in [6.45, 7) is 12.1. The van der Waals surface area contributed by atoms with Gasteiger partial charge in [-0.2, -0.15) is 0 Å². The summed E-state index contributed by atoms with van der Waals surface area (Å²) in [5, 5.41) is 4.08. The van der Waals surface area contributed by atoms with Crippen molar-refractivity contribution in [3.8, 4) is 0 Å². The highest BCUT2D eigenvalue weighted by Crippen LogP contribution is 2.38. The molecule has 5 heteroatoms. The average molecular weight is 539 g/mol. The molecule has 1 atom stereocenters. The average Bonchev–Trinajstić information content (AvgIpc) is 3.40. The van der Waals surface area contributed by atoms with Gasteiger partial charge in [-0.1, -0.05) is 95.3 Å². The van der Waals surface area contributed by atoms with Gasteiger partial charge in [0, 0.05) is 23.5 Å². The number of fused-ring (bicyclic) bond motifs is 2. The zero-order valence-electron chi connectivity index (χ0n) is 23.6. The maximum Gasteiger partial charge on any atom is 0.254 e. The molecule has 0 N–H and O–H groups in total. The molecule has 0 unspecified atom stereocenters. The van der Waals surface area contributed by atoms with Crippen molar-refractivity contribution < 1.29 is 9.59 Å². The van der Waals surface area contributed by atoms with Gasteiger partial charge in [0.05, 0.1) is 6.04 Å². The molecule has 4 aromatic rings. The van der Waals surface area contributed by atoms with Gasteiger partial charge in [0.1, 0.15) is 6.54 Å². The zero-order chi connectivity index (χ0) is 27.7. The summed E-state index contributed by atoms with van der Waals surface area (Å²) < 4.78 is 0. The van der Waals surface area contributed by atoms with E-state index in [4.69, 9.17) is 0 Å². The Balaban J connectivity index is 1.46. The highest BCUT2D eigenvalue weighted by Gasteiger charge is 2.34. The molecule has 0 spiro atoms. The van der Waals surface area contributed by atoms with Crippen molar-refractivity contribution in [2.24, 2.45) is 5.92 Å². The topological polar surface area (TPSA) is 40.6 Å². The van der Waals surface area contributed by atoms with Gasteiger partial charge in [-0.05, 0) is 62.7 Å². The van der Waals surface area contributed by atoms with E-state index >= 15 is 0 Å². The number of nitrogens with zero attached hydrogens (tertiary/aromatic N) is 2. The van der Waals surface area contributed by atoms with Crippen molar-refractivity contribution in [2.75, 3.05) is 19.6 Å². The number of thiophene rings is 1. The SMILES string of the molecule is CC(C)CN(CC(=O)N1CCc2sccc2[C@H]1c1ccc(C(C)(C)C)cc1)C(=O)c1cccc2ccccc12. The molecule has 0 fully saturated rings. The largest absolute Gasteiger partial charge is 0.330 e. The lowest BCUT2D eigenvalue weighted by atomic mass is 9.85. The maximum absolute atomic E-state index is 14.1. The van der Waals surface area contributed by atoms with E-state index in [0.717, 1.165) is 22.8 Å². The van der Waals surface area contributed by atoms with Crippen LogP contribution in [0.1, 0.15) is 72.6 Å². The summed E-state index contributed by atoms with van der Waals surface area (Å²) in [4.78, 5) is 33.1. The third kappa shape index (κ3) is 5.65. The van der Waals surface area contributed by atoms with Crippen LogP contribution in [0.5, 0.6) is 0 Å². The van der Waals surface area contributed by atoms with Gasteiger partial charge in [0.2, 0.25) is 5.91 Å². The van der Waals surface area contributed by atoms with Crippen LogP contribution in [0.15, 0.2) is 78.2 Å². The molecule has 3 aromatic carbocycles. The van der Waals surface area contributed by atoms with Crippen LogP contribution in [0, 0.1) is 5.92 Å². The Labute approximate surface area is 236 Å². The van der Waals surface area contributed by atoms with E-state index < -0.39 is 0 Å². The third-order valence-electron chi connectivity index (χ3n) is 7.60. The third-order valence-corrected chi connectivity index (χ3v) is 8.59. The van der Waals surface area contributed by atoms with Crippen molar-refractivity contribution in [3.05, 3.63) is 105 Å². The normalized spacial score (nSPS) is 15.4. The van der Waals surface area contributed by atoms with E-state index in [9.17, 15) is 9.59 Å².